The van der Waals surface area contributed by atoms with Gasteiger partial charge in [0.2, 0.25) is 11.8 Å². The Hall–Kier alpha value is -0.970. The van der Waals surface area contributed by atoms with Gasteiger partial charge in [-0.1, -0.05) is 6.08 Å². The van der Waals surface area contributed by atoms with Gasteiger partial charge in [0, 0.05) is 20.5 Å². The van der Waals surface area contributed by atoms with Crippen molar-refractivity contribution in [1.29, 1.82) is 0 Å². The largest absolute Gasteiger partial charge is 0.359 e. The van der Waals surface area contributed by atoms with Gasteiger partial charge >= 0.3 is 0 Å². The lowest BCUT2D eigenvalue weighted by Gasteiger charge is -1.94. The van der Waals surface area contributed by atoms with Gasteiger partial charge in [-0.05, 0) is 5.41 Å². The molecule has 0 aliphatic carbocycles. The van der Waals surface area contributed by atoms with E-state index < -0.39 is 0 Å². The first kappa shape index (κ1) is 12.0. The van der Waals surface area contributed by atoms with E-state index >= 15 is 0 Å². The monoisotopic (exact) mass is 202 g/mol. The average molecular weight is 202 g/mol. The molecule has 0 aliphatic rings. The molecule has 0 aromatic rings. The third-order valence-corrected chi connectivity index (χ3v) is 2.08. The predicted octanol–water partition coefficient (Wildman–Crippen LogP) is 0.115. The van der Waals surface area contributed by atoms with Crippen LogP contribution in [0.4, 0.5) is 0 Å². The van der Waals surface area contributed by atoms with Crippen molar-refractivity contribution in [3.63, 3.8) is 0 Å². The molecule has 74 valence electrons. The van der Waals surface area contributed by atoms with Crippen LogP contribution in [0.5, 0.6) is 0 Å². The third-order valence-electron chi connectivity index (χ3n) is 1.27. The summed E-state index contributed by atoms with van der Waals surface area (Å²) in [7, 11) is 3.19. The fourth-order valence-electron chi connectivity index (χ4n) is 0.521. The summed E-state index contributed by atoms with van der Waals surface area (Å²) in [4.78, 5) is 21.4. The van der Waals surface area contributed by atoms with Crippen LogP contribution in [0.2, 0.25) is 0 Å². The lowest BCUT2D eigenvalue weighted by atomic mass is 10.4. The summed E-state index contributed by atoms with van der Waals surface area (Å²) in [6.45, 7) is 0. The van der Waals surface area contributed by atoms with Crippen LogP contribution >= 0.6 is 11.8 Å². The predicted molar refractivity (Wildman–Crippen MR) is 54.3 cm³/mol. The number of thioether (sulfide) groups is 1. The van der Waals surface area contributed by atoms with Crippen molar-refractivity contribution in [2.45, 2.75) is 6.42 Å². The highest BCUT2D eigenvalue weighted by Crippen LogP contribution is 2.01. The Labute approximate surface area is 82.2 Å². The summed E-state index contributed by atoms with van der Waals surface area (Å²) < 4.78 is 0. The van der Waals surface area contributed by atoms with Crippen molar-refractivity contribution in [2.24, 2.45) is 0 Å². The quantitative estimate of drug-likeness (QED) is 0.665. The second kappa shape index (κ2) is 7.67. The molecule has 0 heterocycles. The SMILES string of the molecule is CNC(=O)C/C=C/SCC(=O)NC. The first-order chi connectivity index (χ1) is 6.20. The van der Waals surface area contributed by atoms with Gasteiger partial charge in [-0.2, -0.15) is 0 Å². The van der Waals surface area contributed by atoms with E-state index in [0.717, 1.165) is 0 Å². The van der Waals surface area contributed by atoms with Crippen LogP contribution in [0.25, 0.3) is 0 Å². The zero-order valence-electron chi connectivity index (χ0n) is 7.79. The van der Waals surface area contributed by atoms with Gasteiger partial charge in [0.1, 0.15) is 0 Å². The number of rotatable bonds is 5. The van der Waals surface area contributed by atoms with Crippen LogP contribution in [-0.4, -0.2) is 31.7 Å². The number of amides is 2. The van der Waals surface area contributed by atoms with Gasteiger partial charge in [0.05, 0.1) is 5.75 Å². The van der Waals surface area contributed by atoms with Crippen LogP contribution < -0.4 is 10.6 Å². The van der Waals surface area contributed by atoms with Crippen molar-refractivity contribution in [1.82, 2.24) is 10.6 Å². The lowest BCUT2D eigenvalue weighted by molar-refractivity contribution is -0.120. The molecule has 0 saturated carbocycles. The Morgan fingerprint density at radius 2 is 1.85 bits per heavy atom. The zero-order chi connectivity index (χ0) is 10.1. The van der Waals surface area contributed by atoms with Gasteiger partial charge in [-0.25, -0.2) is 0 Å². The second-order valence-electron chi connectivity index (χ2n) is 2.23. The third kappa shape index (κ3) is 7.39. The minimum Gasteiger partial charge on any atom is -0.359 e. The molecule has 0 rings (SSSR count). The minimum absolute atomic E-state index is 0.0189. The first-order valence-corrected chi connectivity index (χ1v) is 4.93. The molecule has 0 atom stereocenters. The lowest BCUT2D eigenvalue weighted by Crippen LogP contribution is -2.19. The molecule has 0 unspecified atom stereocenters. The highest BCUT2D eigenvalue weighted by atomic mass is 32.2. The molecule has 0 fully saturated rings. The number of carbonyl (C=O) groups excluding carboxylic acids is 2. The van der Waals surface area contributed by atoms with Crippen LogP contribution in [0.15, 0.2) is 11.5 Å². The van der Waals surface area contributed by atoms with E-state index in [1.165, 1.54) is 11.8 Å². The molecular weight excluding hydrogens is 188 g/mol. The summed E-state index contributed by atoms with van der Waals surface area (Å²) in [5, 5.41) is 6.75. The maximum Gasteiger partial charge on any atom is 0.230 e. The summed E-state index contributed by atoms with van der Waals surface area (Å²) in [6.07, 6.45) is 2.09. The Kier molecular flexibility index (Phi) is 7.10. The highest BCUT2D eigenvalue weighted by molar-refractivity contribution is 8.02. The van der Waals surface area contributed by atoms with Crippen molar-refractivity contribution in [2.75, 3.05) is 19.8 Å². The van der Waals surface area contributed by atoms with E-state index in [0.29, 0.717) is 12.2 Å². The smallest absolute Gasteiger partial charge is 0.230 e. The first-order valence-electron chi connectivity index (χ1n) is 3.88. The average Bonchev–Trinajstić information content (AvgIpc) is 2.16. The topological polar surface area (TPSA) is 58.2 Å². The maximum atomic E-state index is 10.7. The Morgan fingerprint density at radius 3 is 2.38 bits per heavy atom. The summed E-state index contributed by atoms with van der Waals surface area (Å²) in [5.74, 6) is 0.340. The summed E-state index contributed by atoms with van der Waals surface area (Å²) >= 11 is 1.37. The molecule has 0 aromatic heterocycles. The van der Waals surface area contributed by atoms with E-state index in [1.54, 1.807) is 25.6 Å². The Morgan fingerprint density at radius 1 is 1.23 bits per heavy atom. The van der Waals surface area contributed by atoms with Crippen molar-refractivity contribution >= 4 is 23.6 Å². The number of hydrogen-bond acceptors (Lipinski definition) is 3. The van der Waals surface area contributed by atoms with Gasteiger partial charge in [0.15, 0.2) is 0 Å². The van der Waals surface area contributed by atoms with Gasteiger partial charge in [0.25, 0.3) is 0 Å². The van der Waals surface area contributed by atoms with Gasteiger partial charge in [-0.15, -0.1) is 11.8 Å². The fourth-order valence-corrected chi connectivity index (χ4v) is 1.15. The molecule has 0 aromatic carbocycles. The molecule has 0 aliphatic heterocycles. The van der Waals surface area contributed by atoms with E-state index in [2.05, 4.69) is 10.6 Å². The number of carbonyl (C=O) groups is 2. The molecule has 2 N–H and O–H groups in total. The molecule has 0 saturated heterocycles. The molecular formula is C8H14N2O2S. The Balaban J connectivity index is 3.42. The fraction of sp³-hybridized carbons (Fsp3) is 0.500. The second-order valence-corrected chi connectivity index (χ2v) is 3.13. The number of hydrogen-bond donors (Lipinski definition) is 2. The normalized spacial score (nSPS) is 10.0. The van der Waals surface area contributed by atoms with E-state index in [9.17, 15) is 9.59 Å². The maximum absolute atomic E-state index is 10.7. The minimum atomic E-state index is -0.0307. The van der Waals surface area contributed by atoms with E-state index in [1.807, 2.05) is 0 Å². The molecule has 5 heteroatoms. The summed E-state index contributed by atoms with van der Waals surface area (Å²) in [6, 6.07) is 0. The van der Waals surface area contributed by atoms with Crippen molar-refractivity contribution < 1.29 is 9.59 Å². The molecule has 0 spiro atoms. The summed E-state index contributed by atoms with van der Waals surface area (Å²) in [5.41, 5.74) is 0. The van der Waals surface area contributed by atoms with Crippen molar-refractivity contribution in [3.05, 3.63) is 11.5 Å². The Bertz CT molecular complexity index is 204. The van der Waals surface area contributed by atoms with Crippen LogP contribution in [0.3, 0.4) is 0 Å². The molecule has 0 radical (unpaired) electrons. The van der Waals surface area contributed by atoms with Crippen LogP contribution in [-0.2, 0) is 9.59 Å². The number of nitrogens with one attached hydrogen (secondary N) is 2. The zero-order valence-corrected chi connectivity index (χ0v) is 8.61. The molecule has 4 nitrogen and oxygen atoms in total. The molecule has 13 heavy (non-hydrogen) atoms. The van der Waals surface area contributed by atoms with Crippen LogP contribution in [0.1, 0.15) is 6.42 Å². The molecule has 2 amide bonds. The van der Waals surface area contributed by atoms with E-state index in [-0.39, 0.29) is 11.8 Å². The highest BCUT2D eigenvalue weighted by Gasteiger charge is 1.94. The van der Waals surface area contributed by atoms with E-state index in [4.69, 9.17) is 0 Å². The molecule has 0 bridgehead atoms. The van der Waals surface area contributed by atoms with Crippen LogP contribution in [0, 0.1) is 0 Å². The van der Waals surface area contributed by atoms with Gasteiger partial charge in [-0.3, -0.25) is 9.59 Å². The van der Waals surface area contributed by atoms with Gasteiger partial charge < -0.3 is 10.6 Å². The standard InChI is InChI=1S/C8H14N2O2S/c1-9-7(11)4-3-5-13-6-8(12)10-2/h3,5H,4,6H2,1-2H3,(H,9,11)(H,10,12)/b5-3+. The van der Waals surface area contributed by atoms with Crippen molar-refractivity contribution in [3.8, 4) is 0 Å².